The zero-order valence-electron chi connectivity index (χ0n) is 8.62. The molecule has 0 radical (unpaired) electrons. The van der Waals surface area contributed by atoms with Crippen LogP contribution in [0.1, 0.15) is 0 Å². The fourth-order valence-corrected chi connectivity index (χ4v) is 1.76. The molecule has 0 aliphatic carbocycles. The van der Waals surface area contributed by atoms with E-state index in [1.54, 1.807) is 0 Å². The normalized spacial score (nSPS) is 10.8. The van der Waals surface area contributed by atoms with Crippen LogP contribution in [0.2, 0.25) is 0 Å². The van der Waals surface area contributed by atoms with Crippen molar-refractivity contribution in [2.75, 3.05) is 0 Å². The Morgan fingerprint density at radius 3 is 1.53 bits per heavy atom. The van der Waals surface area contributed by atoms with Crippen LogP contribution in [-0.2, 0) is 20.8 Å². The van der Waals surface area contributed by atoms with Gasteiger partial charge in [-0.2, -0.15) is 0 Å². The summed E-state index contributed by atoms with van der Waals surface area (Å²) in [5.74, 6) is 0. The Morgan fingerprint density at radius 2 is 1.27 bits per heavy atom. The summed E-state index contributed by atoms with van der Waals surface area (Å²) < 4.78 is 9.35. The number of imidazole rings is 2. The first kappa shape index (κ1) is 10.4. The average Bonchev–Trinajstić information content (AvgIpc) is 2.68. The lowest BCUT2D eigenvalue weighted by Crippen LogP contribution is -2.07. The van der Waals surface area contributed by atoms with Gasteiger partial charge in [-0.1, -0.05) is 0 Å². The molecule has 0 saturated heterocycles. The van der Waals surface area contributed by atoms with Gasteiger partial charge in [-0.25, -0.2) is 0 Å². The SMILES string of the molecule is Cn1ccn(Cn2ccn(C)c2=S)c1=S. The minimum atomic E-state index is 0.666. The van der Waals surface area contributed by atoms with Gasteiger partial charge in [-0.3, -0.25) is 0 Å². The number of nitrogens with zero attached hydrogens (tertiary/aromatic N) is 4. The first-order chi connectivity index (χ1) is 7.09. The summed E-state index contributed by atoms with van der Waals surface area (Å²) in [7, 11) is 3.87. The molecule has 2 heterocycles. The molecule has 2 aromatic rings. The van der Waals surface area contributed by atoms with E-state index in [4.69, 9.17) is 24.4 Å². The maximum atomic E-state index is 5.25. The van der Waals surface area contributed by atoms with E-state index in [0.29, 0.717) is 6.67 Å². The van der Waals surface area contributed by atoms with E-state index in [-0.39, 0.29) is 0 Å². The Morgan fingerprint density at radius 1 is 0.867 bits per heavy atom. The molecule has 2 aromatic heterocycles. The molecular formula is C9H12N4S2. The third-order valence-corrected chi connectivity index (χ3v) is 3.38. The smallest absolute Gasteiger partial charge is 0.181 e. The summed E-state index contributed by atoms with van der Waals surface area (Å²) in [5.41, 5.74) is 0. The van der Waals surface area contributed by atoms with Crippen LogP contribution in [0.3, 0.4) is 0 Å². The largest absolute Gasteiger partial charge is 0.327 e. The summed E-state index contributed by atoms with van der Waals surface area (Å²) >= 11 is 10.5. The van der Waals surface area contributed by atoms with Crippen LogP contribution >= 0.6 is 24.4 Å². The quantitative estimate of drug-likeness (QED) is 0.747. The number of hydrogen-bond donors (Lipinski definition) is 0. The van der Waals surface area contributed by atoms with Gasteiger partial charge in [0.25, 0.3) is 0 Å². The van der Waals surface area contributed by atoms with Gasteiger partial charge in [-0.15, -0.1) is 0 Å². The third kappa shape index (κ3) is 1.82. The molecule has 0 aliphatic rings. The van der Waals surface area contributed by atoms with Gasteiger partial charge in [0.05, 0.1) is 0 Å². The molecule has 0 fully saturated rings. The molecule has 0 unspecified atom stereocenters. The van der Waals surface area contributed by atoms with E-state index in [2.05, 4.69) is 0 Å². The number of rotatable bonds is 2. The summed E-state index contributed by atoms with van der Waals surface area (Å²) in [6.07, 6.45) is 7.79. The minimum absolute atomic E-state index is 0.666. The van der Waals surface area contributed by atoms with E-state index in [0.717, 1.165) is 9.54 Å². The van der Waals surface area contributed by atoms with Crippen LogP contribution < -0.4 is 0 Å². The molecule has 15 heavy (non-hydrogen) atoms. The zero-order chi connectivity index (χ0) is 11.0. The van der Waals surface area contributed by atoms with Crippen molar-refractivity contribution >= 4 is 24.4 Å². The lowest BCUT2D eigenvalue weighted by molar-refractivity contribution is 0.578. The van der Waals surface area contributed by atoms with Crippen molar-refractivity contribution in [1.82, 2.24) is 18.3 Å². The maximum absolute atomic E-state index is 5.25. The molecule has 0 bridgehead atoms. The second-order valence-electron chi connectivity index (χ2n) is 3.46. The summed E-state index contributed by atoms with van der Waals surface area (Å²) in [6.45, 7) is 0.666. The van der Waals surface area contributed by atoms with Crippen LogP contribution in [0.15, 0.2) is 24.8 Å². The van der Waals surface area contributed by atoms with Crippen molar-refractivity contribution in [3.05, 3.63) is 34.3 Å². The highest BCUT2D eigenvalue weighted by Gasteiger charge is 1.99. The van der Waals surface area contributed by atoms with Crippen molar-refractivity contribution in [3.8, 4) is 0 Å². The molecule has 0 aromatic carbocycles. The van der Waals surface area contributed by atoms with Gasteiger partial charge in [0.15, 0.2) is 9.54 Å². The van der Waals surface area contributed by atoms with E-state index in [1.807, 2.05) is 57.2 Å². The Hall–Kier alpha value is -1.14. The highest BCUT2D eigenvalue weighted by atomic mass is 32.1. The van der Waals surface area contributed by atoms with Crippen molar-refractivity contribution < 1.29 is 0 Å². The van der Waals surface area contributed by atoms with Gasteiger partial charge < -0.3 is 18.3 Å². The summed E-state index contributed by atoms with van der Waals surface area (Å²) in [5, 5.41) is 0. The van der Waals surface area contributed by atoms with Crippen molar-refractivity contribution in [3.63, 3.8) is 0 Å². The monoisotopic (exact) mass is 240 g/mol. The van der Waals surface area contributed by atoms with E-state index in [9.17, 15) is 0 Å². The molecule has 6 heteroatoms. The number of aryl methyl sites for hydroxylation is 2. The summed E-state index contributed by atoms with van der Waals surface area (Å²) in [4.78, 5) is 0. The van der Waals surface area contributed by atoms with Crippen molar-refractivity contribution in [2.45, 2.75) is 6.67 Å². The van der Waals surface area contributed by atoms with E-state index < -0.39 is 0 Å². The fraction of sp³-hybridized carbons (Fsp3) is 0.333. The van der Waals surface area contributed by atoms with Gasteiger partial charge in [0.1, 0.15) is 6.67 Å². The van der Waals surface area contributed by atoms with Crippen LogP contribution in [0.25, 0.3) is 0 Å². The lowest BCUT2D eigenvalue weighted by atomic mass is 10.8. The van der Waals surface area contributed by atoms with E-state index in [1.165, 1.54) is 0 Å². The Bertz CT molecular complexity index is 532. The molecule has 80 valence electrons. The standard InChI is InChI=1S/C9H12N4S2/c1-10-3-5-12(8(10)14)7-13-6-4-11(2)9(13)15/h3-6H,7H2,1-2H3. The van der Waals surface area contributed by atoms with Crippen molar-refractivity contribution in [2.24, 2.45) is 14.1 Å². The zero-order valence-corrected chi connectivity index (χ0v) is 10.3. The second kappa shape index (κ2) is 3.79. The first-order valence-corrected chi connectivity index (χ1v) is 5.35. The average molecular weight is 240 g/mol. The van der Waals surface area contributed by atoms with Crippen LogP contribution in [0.4, 0.5) is 0 Å². The van der Waals surface area contributed by atoms with Crippen LogP contribution in [-0.4, -0.2) is 18.3 Å². The molecule has 0 atom stereocenters. The summed E-state index contributed by atoms with van der Waals surface area (Å²) in [6, 6.07) is 0. The first-order valence-electron chi connectivity index (χ1n) is 4.53. The molecule has 0 aliphatic heterocycles. The molecular weight excluding hydrogens is 228 g/mol. The lowest BCUT2D eigenvalue weighted by Gasteiger charge is -2.03. The molecule has 2 rings (SSSR count). The molecule has 0 saturated carbocycles. The third-order valence-electron chi connectivity index (χ3n) is 2.34. The highest BCUT2D eigenvalue weighted by molar-refractivity contribution is 7.71. The molecule has 0 spiro atoms. The van der Waals surface area contributed by atoms with Gasteiger partial charge >= 0.3 is 0 Å². The number of hydrogen-bond acceptors (Lipinski definition) is 2. The topological polar surface area (TPSA) is 19.7 Å². The van der Waals surface area contributed by atoms with Crippen LogP contribution in [0, 0.1) is 9.54 Å². The van der Waals surface area contributed by atoms with Crippen LogP contribution in [0.5, 0.6) is 0 Å². The van der Waals surface area contributed by atoms with Gasteiger partial charge in [-0.05, 0) is 24.4 Å². The Labute approximate surface area is 98.0 Å². The molecule has 4 nitrogen and oxygen atoms in total. The second-order valence-corrected chi connectivity index (χ2v) is 4.19. The molecule has 0 amide bonds. The Kier molecular flexibility index (Phi) is 2.62. The van der Waals surface area contributed by atoms with Gasteiger partial charge in [0, 0.05) is 38.9 Å². The number of aromatic nitrogens is 4. The maximum Gasteiger partial charge on any atom is 0.181 e. The predicted molar refractivity (Wildman–Crippen MR) is 63.9 cm³/mol. The van der Waals surface area contributed by atoms with Crippen molar-refractivity contribution in [1.29, 1.82) is 0 Å². The molecule has 0 N–H and O–H groups in total. The highest BCUT2D eigenvalue weighted by Crippen LogP contribution is 1.99. The Balaban J connectivity index is 2.38. The minimum Gasteiger partial charge on any atom is -0.327 e. The predicted octanol–water partition coefficient (Wildman–Crippen LogP) is 1.93. The van der Waals surface area contributed by atoms with Gasteiger partial charge in [0.2, 0.25) is 0 Å². The van der Waals surface area contributed by atoms with E-state index >= 15 is 0 Å². The fourth-order valence-electron chi connectivity index (χ4n) is 1.40.